The Morgan fingerprint density at radius 2 is 1.18 bits per heavy atom. The monoisotopic (exact) mass is 620 g/mol. The number of halogens is 7. The molecule has 0 radical (unpaired) electrons. The molecule has 2 fully saturated rings. The number of benzene rings is 3. The first-order valence-electron chi connectivity index (χ1n) is 15.9. The molecule has 0 heterocycles. The van der Waals surface area contributed by atoms with E-state index in [9.17, 15) is 17.6 Å². The highest BCUT2D eigenvalue weighted by atomic mass is 19.3. The highest BCUT2D eigenvalue weighted by molar-refractivity contribution is 5.71. The third kappa shape index (κ3) is 7.43. The molecule has 0 bridgehead atoms. The summed E-state index contributed by atoms with van der Waals surface area (Å²) in [5, 5.41) is 0. The standard InChI is InChI=1S/C36H39F7O/c1-2-3-4-5-22-6-8-23(9-7-22)24-10-13-27(14-11-24)36(42,43)44-28-15-17-29(32(38)21-28)25-12-16-30(31(37)18-25)26-19-33(39)35(41)34(40)20-26/h12,15-24,27H,2-11,13-14H2,1H3. The molecule has 0 aromatic heterocycles. The first-order chi connectivity index (χ1) is 21.1. The maximum absolute atomic E-state index is 15.2. The van der Waals surface area contributed by atoms with Gasteiger partial charge in [-0.05, 0) is 97.7 Å². The van der Waals surface area contributed by atoms with E-state index in [4.69, 9.17) is 4.74 Å². The molecule has 3 aromatic carbocycles. The van der Waals surface area contributed by atoms with Gasteiger partial charge in [0.1, 0.15) is 17.4 Å². The van der Waals surface area contributed by atoms with Crippen molar-refractivity contribution in [1.82, 2.24) is 0 Å². The molecule has 0 amide bonds. The summed E-state index contributed by atoms with van der Waals surface area (Å²) in [6.07, 6.45) is 8.80. The predicted octanol–water partition coefficient (Wildman–Crippen LogP) is 11.9. The Morgan fingerprint density at radius 3 is 1.77 bits per heavy atom. The molecular weight excluding hydrogens is 581 g/mol. The van der Waals surface area contributed by atoms with Crippen LogP contribution in [0.3, 0.4) is 0 Å². The third-order valence-corrected chi connectivity index (χ3v) is 9.79. The van der Waals surface area contributed by atoms with E-state index in [1.54, 1.807) is 0 Å². The zero-order valence-corrected chi connectivity index (χ0v) is 25.0. The van der Waals surface area contributed by atoms with Crippen LogP contribution in [-0.4, -0.2) is 6.11 Å². The van der Waals surface area contributed by atoms with Crippen molar-refractivity contribution >= 4 is 0 Å². The van der Waals surface area contributed by atoms with Crippen LogP contribution in [0, 0.1) is 52.8 Å². The van der Waals surface area contributed by atoms with E-state index in [-0.39, 0.29) is 28.0 Å². The molecule has 0 atom stereocenters. The maximum Gasteiger partial charge on any atom is 0.400 e. The number of rotatable bonds is 10. The van der Waals surface area contributed by atoms with Crippen LogP contribution in [0.25, 0.3) is 22.3 Å². The normalized spacial score (nSPS) is 22.6. The topological polar surface area (TPSA) is 9.23 Å². The molecule has 5 rings (SSSR count). The van der Waals surface area contributed by atoms with Crippen LogP contribution in [0.2, 0.25) is 0 Å². The molecule has 3 aromatic rings. The van der Waals surface area contributed by atoms with Crippen LogP contribution in [0.4, 0.5) is 30.7 Å². The summed E-state index contributed by atoms with van der Waals surface area (Å²) >= 11 is 0. The van der Waals surface area contributed by atoms with Gasteiger partial charge in [-0.3, -0.25) is 0 Å². The molecule has 44 heavy (non-hydrogen) atoms. The Labute approximate surface area is 254 Å². The third-order valence-electron chi connectivity index (χ3n) is 9.79. The Morgan fingerprint density at radius 1 is 0.636 bits per heavy atom. The Balaban J connectivity index is 1.17. The molecule has 0 saturated heterocycles. The number of hydrogen-bond acceptors (Lipinski definition) is 1. The minimum absolute atomic E-state index is 0.0665. The van der Waals surface area contributed by atoms with E-state index in [0.717, 1.165) is 30.9 Å². The van der Waals surface area contributed by atoms with E-state index in [1.807, 2.05) is 0 Å². The van der Waals surface area contributed by atoms with Gasteiger partial charge in [-0.1, -0.05) is 57.6 Å². The number of alkyl halides is 2. The highest BCUT2D eigenvalue weighted by Gasteiger charge is 2.45. The van der Waals surface area contributed by atoms with E-state index < -0.39 is 41.1 Å². The molecule has 0 spiro atoms. The molecule has 238 valence electrons. The van der Waals surface area contributed by atoms with Crippen LogP contribution in [-0.2, 0) is 0 Å². The smallest absolute Gasteiger partial charge is 0.400 e. The van der Waals surface area contributed by atoms with Gasteiger partial charge < -0.3 is 4.74 Å². The Hall–Kier alpha value is -3.03. The van der Waals surface area contributed by atoms with E-state index in [0.29, 0.717) is 36.8 Å². The van der Waals surface area contributed by atoms with Crippen molar-refractivity contribution in [2.75, 3.05) is 0 Å². The highest BCUT2D eigenvalue weighted by Crippen LogP contribution is 2.46. The zero-order chi connectivity index (χ0) is 31.4. The van der Waals surface area contributed by atoms with Gasteiger partial charge in [0, 0.05) is 17.2 Å². The summed E-state index contributed by atoms with van der Waals surface area (Å²) in [5.74, 6) is -5.78. The first-order valence-corrected chi connectivity index (χ1v) is 15.9. The lowest BCUT2D eigenvalue weighted by Gasteiger charge is -2.39. The average molecular weight is 621 g/mol. The van der Waals surface area contributed by atoms with Gasteiger partial charge in [-0.2, -0.15) is 8.78 Å². The van der Waals surface area contributed by atoms with Crippen LogP contribution >= 0.6 is 0 Å². The van der Waals surface area contributed by atoms with Gasteiger partial charge in [0.2, 0.25) is 0 Å². The minimum Gasteiger partial charge on any atom is -0.432 e. The van der Waals surface area contributed by atoms with Crippen molar-refractivity contribution < 1.29 is 35.5 Å². The summed E-state index contributed by atoms with van der Waals surface area (Å²) in [6.45, 7) is 2.22. The zero-order valence-electron chi connectivity index (χ0n) is 25.0. The second-order valence-corrected chi connectivity index (χ2v) is 12.6. The second kappa shape index (κ2) is 13.9. The van der Waals surface area contributed by atoms with Crippen molar-refractivity contribution in [3.63, 3.8) is 0 Å². The lowest BCUT2D eigenvalue weighted by atomic mass is 9.68. The van der Waals surface area contributed by atoms with Crippen LogP contribution < -0.4 is 4.74 Å². The largest absolute Gasteiger partial charge is 0.432 e. The minimum atomic E-state index is -3.46. The van der Waals surface area contributed by atoms with Crippen molar-refractivity contribution in [2.24, 2.45) is 23.7 Å². The average Bonchev–Trinajstić information content (AvgIpc) is 3.00. The summed E-state index contributed by atoms with van der Waals surface area (Å²) in [6, 6.07) is 8.08. The Kier molecular flexibility index (Phi) is 10.3. The summed E-state index contributed by atoms with van der Waals surface area (Å²) in [5.41, 5.74) is -0.422. The predicted molar refractivity (Wildman–Crippen MR) is 158 cm³/mol. The van der Waals surface area contributed by atoms with Crippen LogP contribution in [0.5, 0.6) is 5.75 Å². The van der Waals surface area contributed by atoms with E-state index >= 15 is 13.2 Å². The summed E-state index contributed by atoms with van der Waals surface area (Å²) in [7, 11) is 0. The molecule has 8 heteroatoms. The van der Waals surface area contributed by atoms with Gasteiger partial charge in [-0.15, -0.1) is 0 Å². The molecule has 2 saturated carbocycles. The molecule has 0 aliphatic heterocycles. The van der Waals surface area contributed by atoms with Crippen LogP contribution in [0.1, 0.15) is 84.0 Å². The number of ether oxygens (including phenoxy) is 1. The van der Waals surface area contributed by atoms with E-state index in [2.05, 4.69) is 6.92 Å². The second-order valence-electron chi connectivity index (χ2n) is 12.6. The molecule has 0 N–H and O–H groups in total. The van der Waals surface area contributed by atoms with Gasteiger partial charge >= 0.3 is 6.11 Å². The van der Waals surface area contributed by atoms with Crippen molar-refractivity contribution in [1.29, 1.82) is 0 Å². The van der Waals surface area contributed by atoms with Crippen molar-refractivity contribution in [3.05, 3.63) is 77.6 Å². The molecule has 2 aliphatic carbocycles. The number of hydrogen-bond donors (Lipinski definition) is 0. The van der Waals surface area contributed by atoms with Gasteiger partial charge in [0.05, 0.1) is 5.92 Å². The lowest BCUT2D eigenvalue weighted by Crippen LogP contribution is -2.38. The summed E-state index contributed by atoms with van der Waals surface area (Å²) < 4.78 is 106. The number of unbranched alkanes of at least 4 members (excludes halogenated alkanes) is 2. The maximum atomic E-state index is 15.2. The van der Waals surface area contributed by atoms with Gasteiger partial charge in [0.15, 0.2) is 17.5 Å². The van der Waals surface area contributed by atoms with Crippen molar-refractivity contribution in [2.45, 2.75) is 90.1 Å². The fraction of sp³-hybridized carbons (Fsp3) is 0.500. The molecular formula is C36H39F7O. The molecule has 0 unspecified atom stereocenters. The van der Waals surface area contributed by atoms with E-state index in [1.165, 1.54) is 75.6 Å². The lowest BCUT2D eigenvalue weighted by molar-refractivity contribution is -0.224. The van der Waals surface area contributed by atoms with Crippen molar-refractivity contribution in [3.8, 4) is 28.0 Å². The molecule has 1 nitrogen and oxygen atoms in total. The van der Waals surface area contributed by atoms with Crippen LogP contribution in [0.15, 0.2) is 48.5 Å². The SMILES string of the molecule is CCCCCC1CCC(C2CCC(C(F)(F)Oc3ccc(-c4ccc(-c5cc(F)c(F)c(F)c5)c(F)c4)c(F)c3)CC2)CC1. The molecule has 2 aliphatic rings. The Bertz CT molecular complexity index is 1400. The quantitative estimate of drug-likeness (QED) is 0.124. The van der Waals surface area contributed by atoms with Gasteiger partial charge in [-0.25, -0.2) is 22.0 Å². The summed E-state index contributed by atoms with van der Waals surface area (Å²) in [4.78, 5) is 0. The fourth-order valence-electron chi connectivity index (χ4n) is 7.22. The fourth-order valence-corrected chi connectivity index (χ4v) is 7.22. The van der Waals surface area contributed by atoms with Gasteiger partial charge in [0.25, 0.3) is 0 Å². The first kappa shape index (κ1) is 32.4.